The molecule has 3 fully saturated rings. The van der Waals surface area contributed by atoms with Gasteiger partial charge in [0.25, 0.3) is 5.56 Å². The van der Waals surface area contributed by atoms with Crippen molar-refractivity contribution in [2.45, 2.75) is 102 Å². The van der Waals surface area contributed by atoms with Gasteiger partial charge in [0.15, 0.2) is 6.23 Å². The summed E-state index contributed by atoms with van der Waals surface area (Å²) in [6, 6.07) is -0.912. The number of nitrogens with one attached hydrogen (secondary N) is 5. The van der Waals surface area contributed by atoms with Crippen LogP contribution in [0.25, 0.3) is 0 Å². The Bertz CT molecular complexity index is 1520. The van der Waals surface area contributed by atoms with Crippen LogP contribution in [0.4, 0.5) is 9.59 Å². The summed E-state index contributed by atoms with van der Waals surface area (Å²) >= 11 is 0. The summed E-state index contributed by atoms with van der Waals surface area (Å²) in [6.45, 7) is 6.11. The first-order valence-electron chi connectivity index (χ1n) is 15.8. The van der Waals surface area contributed by atoms with Crippen molar-refractivity contribution in [3.8, 4) is 0 Å². The number of rotatable bonds is 11. The van der Waals surface area contributed by atoms with Crippen molar-refractivity contribution in [2.24, 2.45) is 5.92 Å². The second-order valence-corrected chi connectivity index (χ2v) is 13.1. The third-order valence-electron chi connectivity index (χ3n) is 8.07. The molecule has 1 aromatic rings. The van der Waals surface area contributed by atoms with Crippen molar-refractivity contribution in [2.75, 3.05) is 19.6 Å². The predicted molar refractivity (Wildman–Crippen MR) is 164 cm³/mol. The molecule has 0 spiro atoms. The molecule has 0 bridgehead atoms. The molecule has 1 aromatic heterocycles. The number of hydrogen-bond donors (Lipinski definition) is 8. The highest BCUT2D eigenvalue weighted by Gasteiger charge is 2.45. The van der Waals surface area contributed by atoms with Crippen LogP contribution >= 0.6 is 0 Å². The third-order valence-corrected chi connectivity index (χ3v) is 8.07. The van der Waals surface area contributed by atoms with Crippen molar-refractivity contribution >= 4 is 29.8 Å². The van der Waals surface area contributed by atoms with E-state index in [2.05, 4.69) is 21.3 Å². The van der Waals surface area contributed by atoms with Gasteiger partial charge in [-0.15, -0.1) is 0 Å². The minimum atomic E-state index is -1.59. The average Bonchev–Trinajstić information content (AvgIpc) is 3.51. The van der Waals surface area contributed by atoms with E-state index in [0.29, 0.717) is 0 Å². The smallest absolute Gasteiger partial charge is 0.408 e. The lowest BCUT2D eigenvalue weighted by molar-refractivity contribution is -0.129. The molecule has 4 rings (SSSR count). The molecule has 0 radical (unpaired) electrons. The molecule has 9 unspecified atom stereocenters. The molecule has 272 valence electrons. The molecule has 6 amide bonds. The normalized spacial score (nSPS) is 29.2. The van der Waals surface area contributed by atoms with Crippen LogP contribution in [0.2, 0.25) is 0 Å². The number of imide groups is 1. The zero-order valence-corrected chi connectivity index (χ0v) is 27.4. The van der Waals surface area contributed by atoms with Gasteiger partial charge in [0, 0.05) is 44.7 Å². The Kier molecular flexibility index (Phi) is 11.8. The highest BCUT2D eigenvalue weighted by Crippen LogP contribution is 2.28. The Morgan fingerprint density at radius 1 is 1.04 bits per heavy atom. The Hall–Kier alpha value is -4.37. The molecule has 0 saturated carbocycles. The first-order chi connectivity index (χ1) is 22.9. The molecule has 8 N–H and O–H groups in total. The van der Waals surface area contributed by atoms with E-state index in [1.54, 1.807) is 27.7 Å². The van der Waals surface area contributed by atoms with Gasteiger partial charge in [-0.25, -0.2) is 14.4 Å². The molecular formula is C29H43N7O13. The van der Waals surface area contributed by atoms with Crippen LogP contribution in [0.15, 0.2) is 21.9 Å². The van der Waals surface area contributed by atoms with E-state index >= 15 is 0 Å². The van der Waals surface area contributed by atoms with Gasteiger partial charge in [0.2, 0.25) is 17.7 Å². The fourth-order valence-electron chi connectivity index (χ4n) is 5.48. The van der Waals surface area contributed by atoms with E-state index < -0.39 is 102 Å². The Balaban J connectivity index is 1.31. The molecule has 0 aromatic carbocycles. The van der Waals surface area contributed by atoms with Gasteiger partial charge in [-0.2, -0.15) is 0 Å². The van der Waals surface area contributed by atoms with Crippen LogP contribution in [0, 0.1) is 5.92 Å². The molecule has 9 atom stereocenters. The van der Waals surface area contributed by atoms with Crippen LogP contribution in [0.1, 0.15) is 53.2 Å². The van der Waals surface area contributed by atoms with Gasteiger partial charge in [-0.3, -0.25) is 38.9 Å². The van der Waals surface area contributed by atoms with Crippen LogP contribution in [-0.4, -0.2) is 128 Å². The van der Waals surface area contributed by atoms with E-state index in [1.807, 2.05) is 4.98 Å². The number of carbonyl (C=O) groups is 5. The summed E-state index contributed by atoms with van der Waals surface area (Å²) in [7, 11) is 0. The number of alkyl carbamates (subject to hydrolysis) is 1. The number of carbonyl (C=O) groups excluding carboxylic acids is 5. The number of H-pyrrole nitrogens is 1. The minimum absolute atomic E-state index is 0.0652. The fourth-order valence-corrected chi connectivity index (χ4v) is 5.48. The SMILES string of the molecule is CC1CN(C2CC(O)C(CNC(=O)CCC(NC(=O)OC(C)(C)C)C(=O)NCC3OC(n4ccc(=O)[nH]c4=O)C(O)C3O)O2)C(=O)NC1=O. The number of amides is 6. The molecule has 0 aliphatic carbocycles. The minimum Gasteiger partial charge on any atom is -0.444 e. The van der Waals surface area contributed by atoms with Crippen molar-refractivity contribution < 1.29 is 53.5 Å². The summed E-state index contributed by atoms with van der Waals surface area (Å²) in [4.78, 5) is 89.3. The summed E-state index contributed by atoms with van der Waals surface area (Å²) in [5.74, 6) is -2.21. The number of aromatic nitrogens is 2. The van der Waals surface area contributed by atoms with Gasteiger partial charge >= 0.3 is 17.8 Å². The summed E-state index contributed by atoms with van der Waals surface area (Å²) in [5.41, 5.74) is -2.47. The number of aliphatic hydroxyl groups is 3. The molecule has 20 nitrogen and oxygen atoms in total. The Morgan fingerprint density at radius 2 is 1.73 bits per heavy atom. The van der Waals surface area contributed by atoms with Crippen LogP contribution < -0.4 is 32.5 Å². The van der Waals surface area contributed by atoms with E-state index in [-0.39, 0.29) is 38.9 Å². The summed E-state index contributed by atoms with van der Waals surface area (Å²) < 4.78 is 17.5. The van der Waals surface area contributed by atoms with Gasteiger partial charge < -0.3 is 45.5 Å². The zero-order valence-electron chi connectivity index (χ0n) is 27.4. The summed E-state index contributed by atoms with van der Waals surface area (Å²) in [5, 5.41) is 41.2. The van der Waals surface area contributed by atoms with E-state index in [1.165, 1.54) is 4.90 Å². The summed E-state index contributed by atoms with van der Waals surface area (Å²) in [6.07, 6.45) is -8.67. The molecule has 3 aliphatic rings. The number of nitrogens with zero attached hydrogens (tertiary/aromatic N) is 2. The lowest BCUT2D eigenvalue weighted by Gasteiger charge is -2.34. The van der Waals surface area contributed by atoms with Gasteiger partial charge in [-0.1, -0.05) is 6.92 Å². The van der Waals surface area contributed by atoms with Crippen molar-refractivity contribution in [3.05, 3.63) is 33.1 Å². The van der Waals surface area contributed by atoms with Gasteiger partial charge in [-0.05, 0) is 27.2 Å². The highest BCUT2D eigenvalue weighted by molar-refractivity contribution is 5.97. The number of ether oxygens (including phenoxy) is 3. The second kappa shape index (κ2) is 15.5. The van der Waals surface area contributed by atoms with Gasteiger partial charge in [0.1, 0.15) is 42.3 Å². The number of hydrogen-bond acceptors (Lipinski definition) is 13. The van der Waals surface area contributed by atoms with Crippen molar-refractivity contribution in [3.63, 3.8) is 0 Å². The maximum atomic E-state index is 13.2. The van der Waals surface area contributed by atoms with Crippen LogP contribution in [-0.2, 0) is 28.6 Å². The Morgan fingerprint density at radius 3 is 2.41 bits per heavy atom. The lowest BCUT2D eigenvalue weighted by atomic mass is 10.1. The van der Waals surface area contributed by atoms with E-state index in [4.69, 9.17) is 14.2 Å². The highest BCUT2D eigenvalue weighted by atomic mass is 16.6. The molecule has 49 heavy (non-hydrogen) atoms. The average molecular weight is 698 g/mol. The lowest BCUT2D eigenvalue weighted by Crippen LogP contribution is -2.57. The fraction of sp³-hybridized carbons (Fsp3) is 0.690. The number of urea groups is 1. The molecule has 4 heterocycles. The van der Waals surface area contributed by atoms with Gasteiger partial charge in [0.05, 0.1) is 12.0 Å². The first kappa shape index (κ1) is 37.4. The van der Waals surface area contributed by atoms with Crippen LogP contribution in [0.3, 0.4) is 0 Å². The molecule has 3 aliphatic heterocycles. The number of aliphatic hydroxyl groups excluding tert-OH is 3. The van der Waals surface area contributed by atoms with Crippen molar-refractivity contribution in [1.82, 2.24) is 35.7 Å². The predicted octanol–water partition coefficient (Wildman–Crippen LogP) is -3.27. The molecular weight excluding hydrogens is 654 g/mol. The second-order valence-electron chi connectivity index (χ2n) is 13.1. The zero-order chi connectivity index (χ0) is 36.2. The third kappa shape index (κ3) is 9.63. The van der Waals surface area contributed by atoms with E-state index in [0.717, 1.165) is 16.8 Å². The topological polar surface area (TPSA) is 280 Å². The standard InChI is InChI=1S/C29H43N7O13/c1-13-12-36(27(45)34-23(13)42)20-9-15(37)16(47-20)10-30-18(38)6-5-14(32-28(46)49-29(2,3)4)24(43)31-11-17-21(40)22(41)25(48-17)35-8-7-19(39)33-26(35)44/h7-8,13-17,20-22,25,37,40-41H,5-6,9-12H2,1-4H3,(H,30,38)(H,31,43)(H,32,46)(H,33,39,44)(H,34,42,45). The quantitative estimate of drug-likeness (QED) is 0.113. The van der Waals surface area contributed by atoms with E-state index in [9.17, 15) is 48.9 Å². The monoisotopic (exact) mass is 697 g/mol. The number of aromatic amines is 1. The van der Waals surface area contributed by atoms with Crippen molar-refractivity contribution in [1.29, 1.82) is 0 Å². The molecule has 3 saturated heterocycles. The maximum absolute atomic E-state index is 13.2. The Labute approximate surface area is 279 Å². The molecule has 20 heteroatoms. The maximum Gasteiger partial charge on any atom is 0.408 e. The van der Waals surface area contributed by atoms with Crippen LogP contribution in [0.5, 0.6) is 0 Å². The largest absolute Gasteiger partial charge is 0.444 e. The first-order valence-corrected chi connectivity index (χ1v) is 15.8.